The topological polar surface area (TPSA) is 106 Å². The van der Waals surface area contributed by atoms with Crippen molar-refractivity contribution in [3.63, 3.8) is 0 Å². The van der Waals surface area contributed by atoms with Gasteiger partial charge in [0.2, 0.25) is 5.82 Å². The summed E-state index contributed by atoms with van der Waals surface area (Å²) >= 11 is 0. The van der Waals surface area contributed by atoms with Crippen LogP contribution in [0.25, 0.3) is 5.69 Å². The van der Waals surface area contributed by atoms with E-state index >= 15 is 0 Å². The molecule has 0 aliphatic rings. The highest BCUT2D eigenvalue weighted by Gasteiger charge is 2.23. The van der Waals surface area contributed by atoms with Crippen molar-refractivity contribution in [2.75, 3.05) is 13.7 Å². The van der Waals surface area contributed by atoms with Gasteiger partial charge in [-0.1, -0.05) is 26.0 Å². The summed E-state index contributed by atoms with van der Waals surface area (Å²) in [5.74, 6) is -2.23. The molecule has 9 heteroatoms. The fourth-order valence-electron chi connectivity index (χ4n) is 2.13. The molecule has 0 saturated heterocycles. The van der Waals surface area contributed by atoms with E-state index in [4.69, 9.17) is 9.84 Å². The maximum atomic E-state index is 14.0. The number of para-hydroxylation sites is 1. The lowest BCUT2D eigenvalue weighted by atomic mass is 10.2. The fraction of sp³-hybridized carbons (Fsp3) is 0.375. The van der Waals surface area contributed by atoms with Crippen LogP contribution in [0.15, 0.2) is 24.3 Å². The molecule has 0 aliphatic heterocycles. The zero-order valence-corrected chi connectivity index (χ0v) is 14.1. The fourth-order valence-corrected chi connectivity index (χ4v) is 2.13. The summed E-state index contributed by atoms with van der Waals surface area (Å²) in [6.45, 7) is 3.44. The molecule has 1 aromatic heterocycles. The summed E-state index contributed by atoms with van der Waals surface area (Å²) in [4.78, 5) is 27.3. The van der Waals surface area contributed by atoms with Gasteiger partial charge in [-0.2, -0.15) is 0 Å². The van der Waals surface area contributed by atoms with Gasteiger partial charge in [0.25, 0.3) is 5.91 Å². The molecule has 1 unspecified atom stereocenters. The molecule has 2 aromatic rings. The Morgan fingerprint density at radius 2 is 2.04 bits per heavy atom. The van der Waals surface area contributed by atoms with Gasteiger partial charge in [-0.15, -0.1) is 5.10 Å². The van der Waals surface area contributed by atoms with Crippen LogP contribution in [0.1, 0.15) is 36.2 Å². The van der Waals surface area contributed by atoms with E-state index in [0.717, 1.165) is 0 Å². The summed E-state index contributed by atoms with van der Waals surface area (Å²) in [5.41, 5.74) is 0.179. The number of amides is 1. The molecule has 25 heavy (non-hydrogen) atoms. The van der Waals surface area contributed by atoms with Gasteiger partial charge in [0.15, 0.2) is 6.10 Å². The monoisotopic (exact) mass is 350 g/mol. The molecule has 0 saturated carbocycles. The van der Waals surface area contributed by atoms with Crippen LogP contribution in [0, 0.1) is 5.82 Å². The lowest BCUT2D eigenvalue weighted by Gasteiger charge is -2.10. The number of hydrogen-bond acceptors (Lipinski definition) is 5. The Balaban J connectivity index is 2.28. The van der Waals surface area contributed by atoms with E-state index in [-0.39, 0.29) is 24.0 Å². The van der Waals surface area contributed by atoms with Crippen molar-refractivity contribution in [2.45, 2.75) is 25.9 Å². The third kappa shape index (κ3) is 4.18. The summed E-state index contributed by atoms with van der Waals surface area (Å²) < 4.78 is 20.1. The van der Waals surface area contributed by atoms with Crippen molar-refractivity contribution in [1.29, 1.82) is 0 Å². The van der Waals surface area contributed by atoms with Crippen molar-refractivity contribution in [3.05, 3.63) is 41.7 Å². The summed E-state index contributed by atoms with van der Waals surface area (Å²) in [6, 6.07) is 6.02. The molecule has 2 N–H and O–H groups in total. The second-order valence-corrected chi connectivity index (χ2v) is 5.58. The van der Waals surface area contributed by atoms with E-state index in [9.17, 15) is 14.0 Å². The lowest BCUT2D eigenvalue weighted by Crippen LogP contribution is -2.38. The predicted molar refractivity (Wildman–Crippen MR) is 86.2 cm³/mol. The average Bonchev–Trinajstić information content (AvgIpc) is 3.00. The Hall–Kier alpha value is -2.81. The minimum atomic E-state index is -1.20. The van der Waals surface area contributed by atoms with Crippen LogP contribution in [0.5, 0.6) is 0 Å². The molecule has 0 aliphatic carbocycles. The van der Waals surface area contributed by atoms with Crippen LogP contribution in [0.4, 0.5) is 4.39 Å². The molecule has 0 spiro atoms. The molecule has 0 fully saturated rings. The van der Waals surface area contributed by atoms with Crippen molar-refractivity contribution in [3.8, 4) is 5.69 Å². The number of nitrogens with zero attached hydrogens (tertiary/aromatic N) is 3. The van der Waals surface area contributed by atoms with Gasteiger partial charge in [0, 0.05) is 13.0 Å². The van der Waals surface area contributed by atoms with E-state index in [1.807, 2.05) is 13.8 Å². The molecule has 1 heterocycles. The van der Waals surface area contributed by atoms with Gasteiger partial charge in [0.1, 0.15) is 17.3 Å². The summed E-state index contributed by atoms with van der Waals surface area (Å²) in [6.07, 6.45) is -1.18. The molecule has 2 rings (SSSR count). The number of carbonyl (C=O) groups is 2. The number of hydrogen-bond donors (Lipinski definition) is 2. The minimum Gasteiger partial charge on any atom is -0.479 e. The number of carboxylic acid groups (broad SMARTS) is 1. The van der Waals surface area contributed by atoms with Gasteiger partial charge < -0.3 is 15.2 Å². The summed E-state index contributed by atoms with van der Waals surface area (Å²) in [7, 11) is 1.23. The van der Waals surface area contributed by atoms with Crippen molar-refractivity contribution >= 4 is 11.9 Å². The molecule has 0 bridgehead atoms. The number of aromatic nitrogens is 3. The number of halogens is 1. The lowest BCUT2D eigenvalue weighted by molar-refractivity contribution is -0.148. The molecule has 1 amide bonds. The molecule has 0 radical (unpaired) electrons. The van der Waals surface area contributed by atoms with Crippen molar-refractivity contribution in [1.82, 2.24) is 20.1 Å². The van der Waals surface area contributed by atoms with E-state index in [1.165, 1.54) is 23.9 Å². The largest absolute Gasteiger partial charge is 0.479 e. The van der Waals surface area contributed by atoms with Crippen molar-refractivity contribution < 1.29 is 23.8 Å². The number of rotatable bonds is 7. The highest BCUT2D eigenvalue weighted by atomic mass is 19.1. The zero-order chi connectivity index (χ0) is 18.6. The van der Waals surface area contributed by atoms with Crippen LogP contribution in [-0.2, 0) is 9.53 Å². The number of nitrogens with one attached hydrogen (secondary N) is 1. The molecule has 1 atom stereocenters. The highest BCUT2D eigenvalue weighted by molar-refractivity contribution is 5.90. The number of carbonyl (C=O) groups excluding carboxylic acids is 1. The van der Waals surface area contributed by atoms with E-state index in [0.29, 0.717) is 5.82 Å². The van der Waals surface area contributed by atoms with E-state index in [1.54, 1.807) is 12.1 Å². The first-order valence-corrected chi connectivity index (χ1v) is 7.60. The second kappa shape index (κ2) is 7.84. The standard InChI is InChI=1S/C16H19FN4O4/c1-9(2)14-19-13(15(22)18-8-12(25-3)16(23)24)20-21(14)11-7-5-4-6-10(11)17/h4-7,9,12H,8H2,1-3H3,(H,18,22)(H,23,24). The third-order valence-electron chi connectivity index (χ3n) is 3.44. The van der Waals surface area contributed by atoms with Crippen LogP contribution < -0.4 is 5.32 Å². The van der Waals surface area contributed by atoms with E-state index in [2.05, 4.69) is 15.4 Å². The minimum absolute atomic E-state index is 0.112. The van der Waals surface area contributed by atoms with Crippen LogP contribution >= 0.6 is 0 Å². The van der Waals surface area contributed by atoms with Gasteiger partial charge in [0.05, 0.1) is 6.54 Å². The first kappa shape index (κ1) is 18.5. The van der Waals surface area contributed by atoms with Gasteiger partial charge >= 0.3 is 5.97 Å². The van der Waals surface area contributed by atoms with Crippen LogP contribution in [0.3, 0.4) is 0 Å². The van der Waals surface area contributed by atoms with Crippen LogP contribution in [-0.4, -0.2) is 51.5 Å². The van der Waals surface area contributed by atoms with Gasteiger partial charge in [-0.05, 0) is 12.1 Å². The molecular formula is C16H19FN4O4. The number of methoxy groups -OCH3 is 1. The Kier molecular flexibility index (Phi) is 5.81. The Labute approximate surface area is 143 Å². The maximum absolute atomic E-state index is 14.0. The molecular weight excluding hydrogens is 331 g/mol. The molecule has 8 nitrogen and oxygen atoms in total. The second-order valence-electron chi connectivity index (χ2n) is 5.58. The van der Waals surface area contributed by atoms with E-state index < -0.39 is 23.8 Å². The van der Waals surface area contributed by atoms with Gasteiger partial charge in [-0.3, -0.25) is 4.79 Å². The predicted octanol–water partition coefficient (Wildman–Crippen LogP) is 1.36. The Bertz CT molecular complexity index is 775. The maximum Gasteiger partial charge on any atom is 0.334 e. The normalized spacial score (nSPS) is 12.2. The highest BCUT2D eigenvalue weighted by Crippen LogP contribution is 2.19. The molecule has 1 aromatic carbocycles. The number of carboxylic acids is 1. The smallest absolute Gasteiger partial charge is 0.334 e. The number of benzene rings is 1. The van der Waals surface area contributed by atoms with Crippen molar-refractivity contribution in [2.24, 2.45) is 0 Å². The third-order valence-corrected chi connectivity index (χ3v) is 3.44. The van der Waals surface area contributed by atoms with Gasteiger partial charge in [-0.25, -0.2) is 18.9 Å². The number of aliphatic carboxylic acids is 1. The quantitative estimate of drug-likeness (QED) is 0.781. The summed E-state index contributed by atoms with van der Waals surface area (Å²) in [5, 5.41) is 15.4. The van der Waals surface area contributed by atoms with Crippen LogP contribution in [0.2, 0.25) is 0 Å². The number of ether oxygens (including phenoxy) is 1. The Morgan fingerprint density at radius 1 is 1.36 bits per heavy atom. The first-order chi connectivity index (χ1) is 11.8. The average molecular weight is 350 g/mol. The SMILES string of the molecule is COC(CNC(=O)c1nc(C(C)C)n(-c2ccccc2F)n1)C(=O)O. The zero-order valence-electron chi connectivity index (χ0n) is 14.1. The molecule has 134 valence electrons. The first-order valence-electron chi connectivity index (χ1n) is 7.60. The Morgan fingerprint density at radius 3 is 2.60 bits per heavy atom.